The molecule has 10 heteroatoms. The van der Waals surface area contributed by atoms with Gasteiger partial charge in [-0.2, -0.15) is 16.8 Å². The first-order valence-corrected chi connectivity index (χ1v) is 8.79. The van der Waals surface area contributed by atoms with E-state index in [0.717, 1.165) is 12.5 Å². The van der Waals surface area contributed by atoms with Crippen LogP contribution in [0.1, 0.15) is 0 Å². The molecular weight excluding hydrogens is 288 g/mol. The second kappa shape index (κ2) is 4.69. The van der Waals surface area contributed by atoms with Crippen LogP contribution in [0.25, 0.3) is 0 Å². The van der Waals surface area contributed by atoms with Crippen LogP contribution in [0.3, 0.4) is 0 Å². The van der Waals surface area contributed by atoms with Crippen LogP contribution in [-0.2, 0) is 38.1 Å². The summed E-state index contributed by atoms with van der Waals surface area (Å²) in [5.74, 6) is 0. The van der Waals surface area contributed by atoms with Crippen molar-refractivity contribution >= 4 is 20.2 Å². The standard InChI is InChI=1S/C8H14O8S2/c1-17(9,10)15-5-3-13-8-6(4-14-7(5)8)16-18(2,11)12/h5-8H,3-4H2,1-2H3/t5-,6-,7+,8+/m1/s1. The summed E-state index contributed by atoms with van der Waals surface area (Å²) in [7, 11) is -7.24. The Morgan fingerprint density at radius 3 is 1.44 bits per heavy atom. The van der Waals surface area contributed by atoms with Gasteiger partial charge in [0.1, 0.15) is 24.4 Å². The highest BCUT2D eigenvalue weighted by Crippen LogP contribution is 2.31. The number of rotatable bonds is 4. The predicted molar refractivity (Wildman–Crippen MR) is 58.9 cm³/mol. The van der Waals surface area contributed by atoms with Gasteiger partial charge in [0.05, 0.1) is 25.7 Å². The van der Waals surface area contributed by atoms with Gasteiger partial charge in [-0.3, -0.25) is 8.37 Å². The predicted octanol–water partition coefficient (Wildman–Crippen LogP) is -1.53. The highest BCUT2D eigenvalue weighted by atomic mass is 32.2. The summed E-state index contributed by atoms with van der Waals surface area (Å²) in [5, 5.41) is 0. The van der Waals surface area contributed by atoms with Crippen molar-refractivity contribution in [3.8, 4) is 0 Å². The van der Waals surface area contributed by atoms with Crippen LogP contribution in [0.5, 0.6) is 0 Å². The molecular formula is C8H14O8S2. The summed E-state index contributed by atoms with van der Waals surface area (Å²) in [6, 6.07) is 0. The molecule has 2 rings (SSSR count). The van der Waals surface area contributed by atoms with Crippen molar-refractivity contribution in [2.24, 2.45) is 0 Å². The molecule has 2 heterocycles. The molecule has 4 atom stereocenters. The van der Waals surface area contributed by atoms with Crippen LogP contribution in [0.2, 0.25) is 0 Å². The van der Waals surface area contributed by atoms with E-state index in [9.17, 15) is 16.8 Å². The molecule has 0 amide bonds. The molecule has 2 aliphatic heterocycles. The Labute approximate surface area is 105 Å². The third kappa shape index (κ3) is 3.39. The number of fused-ring (bicyclic) bond motifs is 1. The van der Waals surface area contributed by atoms with E-state index >= 15 is 0 Å². The molecule has 0 bridgehead atoms. The Morgan fingerprint density at radius 2 is 1.17 bits per heavy atom. The first-order chi connectivity index (χ1) is 8.16. The summed E-state index contributed by atoms with van der Waals surface area (Å²) in [5.41, 5.74) is 0. The zero-order chi connectivity index (χ0) is 13.6. The molecule has 0 aromatic heterocycles. The number of hydrogen-bond acceptors (Lipinski definition) is 8. The van der Waals surface area contributed by atoms with E-state index in [-0.39, 0.29) is 13.2 Å². The average Bonchev–Trinajstić information content (AvgIpc) is 2.66. The second-order valence-corrected chi connectivity index (χ2v) is 7.47. The molecule has 0 N–H and O–H groups in total. The highest BCUT2D eigenvalue weighted by molar-refractivity contribution is 7.86. The molecule has 0 saturated carbocycles. The molecule has 106 valence electrons. The monoisotopic (exact) mass is 302 g/mol. The highest BCUT2D eigenvalue weighted by Gasteiger charge is 2.51. The Kier molecular flexibility index (Phi) is 3.69. The van der Waals surface area contributed by atoms with Crippen molar-refractivity contribution in [2.75, 3.05) is 25.7 Å². The minimum atomic E-state index is -3.62. The van der Waals surface area contributed by atoms with E-state index in [1.807, 2.05) is 0 Å². The van der Waals surface area contributed by atoms with Crippen molar-refractivity contribution in [3.63, 3.8) is 0 Å². The Balaban J connectivity index is 2.03. The molecule has 0 unspecified atom stereocenters. The molecule has 0 aliphatic carbocycles. The summed E-state index contributed by atoms with van der Waals surface area (Å²) >= 11 is 0. The van der Waals surface area contributed by atoms with Crippen molar-refractivity contribution < 1.29 is 34.7 Å². The van der Waals surface area contributed by atoms with Crippen LogP contribution in [0, 0.1) is 0 Å². The third-order valence-electron chi connectivity index (χ3n) is 2.56. The molecule has 0 aromatic carbocycles. The molecule has 0 spiro atoms. The zero-order valence-electron chi connectivity index (χ0n) is 9.81. The lowest BCUT2D eigenvalue weighted by Gasteiger charge is -2.15. The van der Waals surface area contributed by atoms with Crippen molar-refractivity contribution in [3.05, 3.63) is 0 Å². The summed E-state index contributed by atoms with van der Waals surface area (Å²) in [6.07, 6.45) is -0.936. The third-order valence-corrected chi connectivity index (χ3v) is 3.75. The first kappa shape index (κ1) is 14.2. The molecule has 2 aliphatic rings. The van der Waals surface area contributed by atoms with Crippen LogP contribution < -0.4 is 0 Å². The fourth-order valence-corrected chi connectivity index (χ4v) is 3.27. The molecule has 8 nitrogen and oxygen atoms in total. The summed E-state index contributed by atoms with van der Waals surface area (Å²) in [4.78, 5) is 0. The van der Waals surface area contributed by atoms with Gasteiger partial charge in [-0.15, -0.1) is 0 Å². The minimum Gasteiger partial charge on any atom is -0.370 e. The van der Waals surface area contributed by atoms with E-state index in [1.165, 1.54) is 0 Å². The van der Waals surface area contributed by atoms with Crippen LogP contribution in [0.4, 0.5) is 0 Å². The molecule has 0 aromatic rings. The van der Waals surface area contributed by atoms with Gasteiger partial charge in [0.15, 0.2) is 0 Å². The van der Waals surface area contributed by atoms with Gasteiger partial charge in [-0.1, -0.05) is 0 Å². The quantitative estimate of drug-likeness (QED) is 0.576. The van der Waals surface area contributed by atoms with Gasteiger partial charge in [0.25, 0.3) is 20.2 Å². The fourth-order valence-electron chi connectivity index (χ4n) is 2.04. The van der Waals surface area contributed by atoms with E-state index < -0.39 is 44.7 Å². The van der Waals surface area contributed by atoms with Gasteiger partial charge in [-0.25, -0.2) is 0 Å². The Morgan fingerprint density at radius 1 is 0.833 bits per heavy atom. The molecule has 18 heavy (non-hydrogen) atoms. The number of hydrogen-bond donors (Lipinski definition) is 0. The minimum absolute atomic E-state index is 0.0199. The van der Waals surface area contributed by atoms with Crippen LogP contribution >= 0.6 is 0 Å². The van der Waals surface area contributed by atoms with Gasteiger partial charge in [0, 0.05) is 0 Å². The van der Waals surface area contributed by atoms with E-state index in [1.54, 1.807) is 0 Å². The maximum Gasteiger partial charge on any atom is 0.264 e. The van der Waals surface area contributed by atoms with Crippen molar-refractivity contribution in [1.29, 1.82) is 0 Å². The van der Waals surface area contributed by atoms with Gasteiger partial charge < -0.3 is 9.47 Å². The Bertz CT molecular complexity index is 461. The number of ether oxygens (including phenoxy) is 2. The van der Waals surface area contributed by atoms with Gasteiger partial charge >= 0.3 is 0 Å². The van der Waals surface area contributed by atoms with Crippen molar-refractivity contribution in [2.45, 2.75) is 24.4 Å². The van der Waals surface area contributed by atoms with Crippen LogP contribution in [0.15, 0.2) is 0 Å². The van der Waals surface area contributed by atoms with E-state index in [2.05, 4.69) is 0 Å². The SMILES string of the molecule is CS(=O)(=O)O[C@@H]1CO[C@@H]2[C@H]1OC[C@H]2OS(C)(=O)=O. The van der Waals surface area contributed by atoms with Crippen LogP contribution in [-0.4, -0.2) is 67.0 Å². The molecule has 2 saturated heterocycles. The fraction of sp³-hybridized carbons (Fsp3) is 1.00. The van der Waals surface area contributed by atoms with Crippen molar-refractivity contribution in [1.82, 2.24) is 0 Å². The van der Waals surface area contributed by atoms with Gasteiger partial charge in [0.2, 0.25) is 0 Å². The Hall–Kier alpha value is -0.260. The smallest absolute Gasteiger partial charge is 0.264 e. The maximum atomic E-state index is 11.0. The topological polar surface area (TPSA) is 105 Å². The lowest BCUT2D eigenvalue weighted by Crippen LogP contribution is -2.35. The summed E-state index contributed by atoms with van der Waals surface area (Å²) < 4.78 is 64.3. The largest absolute Gasteiger partial charge is 0.370 e. The second-order valence-electron chi connectivity index (χ2n) is 4.27. The maximum absolute atomic E-state index is 11.0. The van der Waals surface area contributed by atoms with E-state index in [4.69, 9.17) is 17.8 Å². The van der Waals surface area contributed by atoms with E-state index in [0.29, 0.717) is 0 Å². The molecule has 0 radical (unpaired) electrons. The first-order valence-electron chi connectivity index (χ1n) is 5.15. The van der Waals surface area contributed by atoms with Gasteiger partial charge in [-0.05, 0) is 0 Å². The lowest BCUT2D eigenvalue weighted by atomic mass is 10.1. The lowest BCUT2D eigenvalue weighted by molar-refractivity contribution is 0.0226. The summed E-state index contributed by atoms with van der Waals surface area (Å²) in [6.45, 7) is 0.0397. The zero-order valence-corrected chi connectivity index (χ0v) is 11.4. The molecule has 2 fully saturated rings. The average molecular weight is 302 g/mol. The normalized spacial score (nSPS) is 36.8.